The largest absolute Gasteiger partial charge is 0.378 e. The van der Waals surface area contributed by atoms with Gasteiger partial charge in [-0.05, 0) is 37.5 Å². The van der Waals surface area contributed by atoms with Gasteiger partial charge >= 0.3 is 0 Å². The van der Waals surface area contributed by atoms with Crippen LogP contribution in [0.4, 0.5) is 5.69 Å². The zero-order valence-corrected chi connectivity index (χ0v) is 17.0. The SMILES string of the molecule is CCNC(=NCc1cccc(N(C)C)c1)NC(C)C(C)C.I. The molecule has 4 nitrogen and oxygen atoms in total. The molecule has 0 amide bonds. The van der Waals surface area contributed by atoms with Crippen LogP contribution in [0, 0.1) is 5.92 Å². The molecule has 0 fully saturated rings. The maximum absolute atomic E-state index is 4.68. The quantitative estimate of drug-likeness (QED) is 0.422. The second-order valence-corrected chi connectivity index (χ2v) is 5.94. The highest BCUT2D eigenvalue weighted by molar-refractivity contribution is 14.0. The predicted octanol–water partition coefficient (Wildman–Crippen LogP) is 3.47. The Hall–Kier alpha value is -0.980. The van der Waals surface area contributed by atoms with Crippen molar-refractivity contribution in [3.05, 3.63) is 29.8 Å². The van der Waals surface area contributed by atoms with Crippen LogP contribution in [-0.4, -0.2) is 32.6 Å². The van der Waals surface area contributed by atoms with E-state index in [1.807, 2.05) is 0 Å². The van der Waals surface area contributed by atoms with Gasteiger partial charge < -0.3 is 15.5 Å². The van der Waals surface area contributed by atoms with Crippen LogP contribution in [-0.2, 0) is 6.54 Å². The molecule has 1 rings (SSSR count). The summed E-state index contributed by atoms with van der Waals surface area (Å²) in [5, 5.41) is 6.76. The molecule has 0 saturated heterocycles. The van der Waals surface area contributed by atoms with Gasteiger partial charge in [0.1, 0.15) is 0 Å². The van der Waals surface area contributed by atoms with Gasteiger partial charge in [-0.3, -0.25) is 0 Å². The zero-order chi connectivity index (χ0) is 15.8. The molecule has 0 spiro atoms. The lowest BCUT2D eigenvalue weighted by Crippen LogP contribution is -2.44. The van der Waals surface area contributed by atoms with Crippen LogP contribution in [0.2, 0.25) is 0 Å². The molecule has 0 aliphatic heterocycles. The van der Waals surface area contributed by atoms with Gasteiger partial charge in [-0.15, -0.1) is 24.0 Å². The van der Waals surface area contributed by atoms with Crippen LogP contribution in [0.1, 0.15) is 33.3 Å². The van der Waals surface area contributed by atoms with E-state index in [1.54, 1.807) is 0 Å². The average molecular weight is 418 g/mol. The van der Waals surface area contributed by atoms with Crippen molar-refractivity contribution < 1.29 is 0 Å². The van der Waals surface area contributed by atoms with Crippen LogP contribution in [0.25, 0.3) is 0 Å². The Balaban J connectivity index is 0.00000441. The molecule has 22 heavy (non-hydrogen) atoms. The lowest BCUT2D eigenvalue weighted by Gasteiger charge is -2.20. The van der Waals surface area contributed by atoms with Gasteiger partial charge in [0, 0.05) is 32.4 Å². The number of halogens is 1. The minimum atomic E-state index is 0. The zero-order valence-electron chi connectivity index (χ0n) is 14.7. The predicted molar refractivity (Wildman–Crippen MR) is 108 cm³/mol. The minimum Gasteiger partial charge on any atom is -0.378 e. The third kappa shape index (κ3) is 7.33. The van der Waals surface area contributed by atoms with Crippen LogP contribution in [0.5, 0.6) is 0 Å². The summed E-state index contributed by atoms with van der Waals surface area (Å²) >= 11 is 0. The smallest absolute Gasteiger partial charge is 0.191 e. The highest BCUT2D eigenvalue weighted by Gasteiger charge is 2.08. The number of rotatable bonds is 6. The Morgan fingerprint density at radius 1 is 1.23 bits per heavy atom. The van der Waals surface area contributed by atoms with Gasteiger partial charge in [-0.2, -0.15) is 0 Å². The molecule has 0 bridgehead atoms. The van der Waals surface area contributed by atoms with E-state index in [2.05, 4.69) is 86.6 Å². The molecule has 0 aliphatic rings. The number of aliphatic imine (C=N–C) groups is 1. The molecule has 1 unspecified atom stereocenters. The topological polar surface area (TPSA) is 39.7 Å². The monoisotopic (exact) mass is 418 g/mol. The van der Waals surface area contributed by atoms with Crippen LogP contribution < -0.4 is 15.5 Å². The summed E-state index contributed by atoms with van der Waals surface area (Å²) in [5.74, 6) is 1.46. The number of hydrogen-bond donors (Lipinski definition) is 2. The number of benzene rings is 1. The lowest BCUT2D eigenvalue weighted by molar-refractivity contribution is 0.481. The molecule has 1 aromatic carbocycles. The van der Waals surface area contributed by atoms with Crippen molar-refractivity contribution in [2.24, 2.45) is 10.9 Å². The van der Waals surface area contributed by atoms with E-state index >= 15 is 0 Å². The molecule has 1 atom stereocenters. The van der Waals surface area contributed by atoms with Crippen molar-refractivity contribution in [3.8, 4) is 0 Å². The van der Waals surface area contributed by atoms with Crippen molar-refractivity contribution in [2.75, 3.05) is 25.5 Å². The number of nitrogens with zero attached hydrogens (tertiary/aromatic N) is 2. The first-order valence-corrected chi connectivity index (χ1v) is 7.75. The second-order valence-electron chi connectivity index (χ2n) is 5.94. The Labute approximate surface area is 152 Å². The molecule has 0 heterocycles. The van der Waals surface area contributed by atoms with Gasteiger partial charge in [0.25, 0.3) is 0 Å². The standard InChI is InChI=1S/C17H30N4.HI/c1-7-18-17(20-14(4)13(2)3)19-12-15-9-8-10-16(11-15)21(5)6;/h8-11,13-14H,7,12H2,1-6H3,(H2,18,19,20);1H. The first-order chi connectivity index (χ1) is 9.93. The Morgan fingerprint density at radius 3 is 2.45 bits per heavy atom. The number of anilines is 1. The molecule has 1 aromatic rings. The van der Waals surface area contributed by atoms with E-state index in [0.717, 1.165) is 12.5 Å². The fraction of sp³-hybridized carbons (Fsp3) is 0.588. The average Bonchev–Trinajstić information content (AvgIpc) is 2.45. The van der Waals surface area contributed by atoms with Gasteiger partial charge in [-0.25, -0.2) is 4.99 Å². The first kappa shape index (κ1) is 21.0. The molecule has 2 N–H and O–H groups in total. The van der Waals surface area contributed by atoms with Crippen molar-refractivity contribution in [3.63, 3.8) is 0 Å². The summed E-state index contributed by atoms with van der Waals surface area (Å²) < 4.78 is 0. The van der Waals surface area contributed by atoms with Crippen molar-refractivity contribution >= 4 is 35.6 Å². The van der Waals surface area contributed by atoms with Crippen molar-refractivity contribution in [1.29, 1.82) is 0 Å². The fourth-order valence-corrected chi connectivity index (χ4v) is 1.81. The van der Waals surface area contributed by atoms with Gasteiger partial charge in [0.2, 0.25) is 0 Å². The molecule has 5 heteroatoms. The van der Waals surface area contributed by atoms with Crippen LogP contribution in [0.15, 0.2) is 29.3 Å². The molecule has 0 aliphatic carbocycles. The Morgan fingerprint density at radius 2 is 1.91 bits per heavy atom. The lowest BCUT2D eigenvalue weighted by atomic mass is 10.1. The number of guanidine groups is 1. The Bertz CT molecular complexity index is 458. The van der Waals surface area contributed by atoms with E-state index in [0.29, 0.717) is 18.5 Å². The van der Waals surface area contributed by atoms with E-state index in [9.17, 15) is 0 Å². The molecule has 126 valence electrons. The minimum absolute atomic E-state index is 0. The van der Waals surface area contributed by atoms with Crippen LogP contribution in [0.3, 0.4) is 0 Å². The molecular formula is C17H31IN4. The molecular weight excluding hydrogens is 387 g/mol. The van der Waals surface area contributed by atoms with Crippen LogP contribution >= 0.6 is 24.0 Å². The van der Waals surface area contributed by atoms with E-state index in [1.165, 1.54) is 11.3 Å². The summed E-state index contributed by atoms with van der Waals surface area (Å²) in [4.78, 5) is 6.79. The maximum atomic E-state index is 4.68. The highest BCUT2D eigenvalue weighted by atomic mass is 127. The van der Waals surface area contributed by atoms with Gasteiger partial charge in [0.05, 0.1) is 6.54 Å². The highest BCUT2D eigenvalue weighted by Crippen LogP contribution is 2.14. The summed E-state index contributed by atoms with van der Waals surface area (Å²) in [5.41, 5.74) is 2.42. The molecule has 0 saturated carbocycles. The summed E-state index contributed by atoms with van der Waals surface area (Å²) in [7, 11) is 4.11. The summed E-state index contributed by atoms with van der Waals surface area (Å²) in [6, 6.07) is 8.88. The first-order valence-electron chi connectivity index (χ1n) is 7.75. The normalized spacial score (nSPS) is 12.6. The number of nitrogens with one attached hydrogen (secondary N) is 2. The maximum Gasteiger partial charge on any atom is 0.191 e. The third-order valence-electron chi connectivity index (χ3n) is 3.56. The van der Waals surface area contributed by atoms with Gasteiger partial charge in [0.15, 0.2) is 5.96 Å². The van der Waals surface area contributed by atoms with Gasteiger partial charge in [-0.1, -0.05) is 26.0 Å². The molecule has 0 radical (unpaired) electrons. The summed E-state index contributed by atoms with van der Waals surface area (Å²) in [6.45, 7) is 10.2. The third-order valence-corrected chi connectivity index (χ3v) is 3.56. The van der Waals surface area contributed by atoms with E-state index in [4.69, 9.17) is 0 Å². The second kappa shape index (κ2) is 10.7. The Kier molecular flexibility index (Phi) is 10.2. The fourth-order valence-electron chi connectivity index (χ4n) is 1.81. The van der Waals surface area contributed by atoms with Crippen molar-refractivity contribution in [1.82, 2.24) is 10.6 Å². The van der Waals surface area contributed by atoms with E-state index < -0.39 is 0 Å². The molecule has 0 aromatic heterocycles. The summed E-state index contributed by atoms with van der Waals surface area (Å²) in [6.07, 6.45) is 0. The number of hydrogen-bond acceptors (Lipinski definition) is 2. The van der Waals surface area contributed by atoms with E-state index in [-0.39, 0.29) is 24.0 Å². The van der Waals surface area contributed by atoms with Crippen molar-refractivity contribution in [2.45, 2.75) is 40.3 Å².